The van der Waals surface area contributed by atoms with Crippen LogP contribution in [0.5, 0.6) is 5.75 Å². The Morgan fingerprint density at radius 1 is 1.32 bits per heavy atom. The highest BCUT2D eigenvalue weighted by atomic mass is 16.5. The van der Waals surface area contributed by atoms with Crippen LogP contribution in [0.15, 0.2) is 30.6 Å². The third-order valence-corrected chi connectivity index (χ3v) is 5.53. The van der Waals surface area contributed by atoms with E-state index in [2.05, 4.69) is 32.1 Å². The molecule has 0 bridgehead atoms. The Balaban J connectivity index is 1.45. The van der Waals surface area contributed by atoms with Crippen LogP contribution in [0.4, 0.5) is 11.5 Å². The lowest BCUT2D eigenvalue weighted by atomic mass is 9.85. The lowest BCUT2D eigenvalue weighted by Gasteiger charge is -2.28. The molecule has 2 aromatic heterocycles. The van der Waals surface area contributed by atoms with E-state index >= 15 is 0 Å². The monoisotopic (exact) mass is 420 g/mol. The van der Waals surface area contributed by atoms with Gasteiger partial charge in [-0.1, -0.05) is 12.0 Å². The number of rotatable bonds is 4. The number of carbonyl (C=O) groups is 1. The second-order valence-electron chi connectivity index (χ2n) is 7.44. The standard InChI is InChI=1S/C22H24N6O3/c1-31-17-5-2-4-15(12-17)25-22(30)14-7-9-16(10-8-14)28-13-24-19-20(23)26-18(6-3-11-29)27-21(19)28/h2,4-5,12-14,16,29H,7-11H2,1H3,(H,25,30)(H2,23,26,27). The summed E-state index contributed by atoms with van der Waals surface area (Å²) in [6.45, 7) is -0.275. The molecule has 160 valence electrons. The van der Waals surface area contributed by atoms with Crippen LogP contribution in [0.1, 0.15) is 37.5 Å². The van der Waals surface area contributed by atoms with Crippen molar-refractivity contribution in [2.75, 3.05) is 24.8 Å². The Hall–Kier alpha value is -3.64. The van der Waals surface area contributed by atoms with Crippen molar-refractivity contribution >= 4 is 28.6 Å². The van der Waals surface area contributed by atoms with Crippen molar-refractivity contribution in [1.82, 2.24) is 19.5 Å². The average molecular weight is 420 g/mol. The maximum atomic E-state index is 12.7. The molecule has 1 aliphatic rings. The number of amides is 1. The second-order valence-corrected chi connectivity index (χ2v) is 7.44. The van der Waals surface area contributed by atoms with E-state index in [4.69, 9.17) is 15.6 Å². The molecule has 0 spiro atoms. The summed E-state index contributed by atoms with van der Waals surface area (Å²) in [5, 5.41) is 11.9. The van der Waals surface area contributed by atoms with Crippen LogP contribution < -0.4 is 15.8 Å². The summed E-state index contributed by atoms with van der Waals surface area (Å²) in [4.78, 5) is 25.7. The fourth-order valence-corrected chi connectivity index (χ4v) is 3.94. The number of hydrogen-bond acceptors (Lipinski definition) is 7. The summed E-state index contributed by atoms with van der Waals surface area (Å²) >= 11 is 0. The maximum absolute atomic E-state index is 12.7. The predicted molar refractivity (Wildman–Crippen MR) is 116 cm³/mol. The molecule has 0 aliphatic heterocycles. The smallest absolute Gasteiger partial charge is 0.227 e. The minimum atomic E-state index is -0.275. The largest absolute Gasteiger partial charge is 0.497 e. The molecule has 1 fully saturated rings. The van der Waals surface area contributed by atoms with Crippen LogP contribution in [0.25, 0.3) is 11.2 Å². The van der Waals surface area contributed by atoms with Gasteiger partial charge in [-0.3, -0.25) is 4.79 Å². The number of nitrogens with zero attached hydrogens (tertiary/aromatic N) is 4. The fourth-order valence-electron chi connectivity index (χ4n) is 3.94. The number of nitrogens with one attached hydrogen (secondary N) is 1. The number of carbonyl (C=O) groups excluding carboxylic acids is 1. The Morgan fingerprint density at radius 2 is 2.13 bits per heavy atom. The highest BCUT2D eigenvalue weighted by Crippen LogP contribution is 2.35. The highest BCUT2D eigenvalue weighted by Gasteiger charge is 2.28. The van der Waals surface area contributed by atoms with E-state index in [0.717, 1.165) is 31.4 Å². The van der Waals surface area contributed by atoms with Crippen molar-refractivity contribution < 1.29 is 14.6 Å². The molecule has 1 aliphatic carbocycles. The van der Waals surface area contributed by atoms with E-state index < -0.39 is 0 Å². The van der Waals surface area contributed by atoms with Crippen LogP contribution >= 0.6 is 0 Å². The van der Waals surface area contributed by atoms with Gasteiger partial charge in [-0.25, -0.2) is 15.0 Å². The normalized spacial score (nSPS) is 18.3. The van der Waals surface area contributed by atoms with Crippen LogP contribution in [0, 0.1) is 17.8 Å². The number of nitrogens with two attached hydrogens (primary N) is 1. The number of methoxy groups -OCH3 is 1. The van der Waals surface area contributed by atoms with Crippen molar-refractivity contribution in [3.8, 4) is 17.6 Å². The number of benzene rings is 1. The van der Waals surface area contributed by atoms with Crippen LogP contribution in [-0.2, 0) is 4.79 Å². The van der Waals surface area contributed by atoms with Crippen molar-refractivity contribution in [2.45, 2.75) is 31.7 Å². The molecule has 4 N–H and O–H groups in total. The third kappa shape index (κ3) is 4.44. The molecule has 1 aromatic carbocycles. The van der Waals surface area contributed by atoms with Crippen molar-refractivity contribution in [3.63, 3.8) is 0 Å². The van der Waals surface area contributed by atoms with Gasteiger partial charge in [0.2, 0.25) is 11.7 Å². The number of hydrogen-bond donors (Lipinski definition) is 3. The Bertz CT molecular complexity index is 1150. The van der Waals surface area contributed by atoms with E-state index in [9.17, 15) is 4.79 Å². The molecule has 2 heterocycles. The zero-order valence-electron chi connectivity index (χ0n) is 17.2. The third-order valence-electron chi connectivity index (χ3n) is 5.53. The first-order valence-electron chi connectivity index (χ1n) is 10.1. The van der Waals surface area contributed by atoms with E-state index in [-0.39, 0.29) is 36.1 Å². The van der Waals surface area contributed by atoms with Crippen molar-refractivity contribution in [3.05, 3.63) is 36.4 Å². The minimum absolute atomic E-state index is 0.0234. The number of anilines is 2. The van der Waals surface area contributed by atoms with E-state index in [1.807, 2.05) is 28.8 Å². The first-order valence-corrected chi connectivity index (χ1v) is 10.1. The molecular weight excluding hydrogens is 396 g/mol. The van der Waals surface area contributed by atoms with Gasteiger partial charge in [0.1, 0.15) is 17.9 Å². The number of imidazole rings is 1. The molecule has 0 saturated heterocycles. The van der Waals surface area contributed by atoms with Gasteiger partial charge in [0.05, 0.1) is 13.4 Å². The van der Waals surface area contributed by atoms with E-state index in [1.54, 1.807) is 13.4 Å². The van der Waals surface area contributed by atoms with Crippen LogP contribution in [-0.4, -0.2) is 44.2 Å². The number of ether oxygens (including phenoxy) is 1. The summed E-state index contributed by atoms with van der Waals surface area (Å²) < 4.78 is 7.20. The summed E-state index contributed by atoms with van der Waals surface area (Å²) in [6, 6.07) is 7.52. The second kappa shape index (κ2) is 9.02. The van der Waals surface area contributed by atoms with Crippen LogP contribution in [0.2, 0.25) is 0 Å². The van der Waals surface area contributed by atoms with Gasteiger partial charge in [0.25, 0.3) is 0 Å². The molecule has 0 atom stereocenters. The molecule has 1 amide bonds. The average Bonchev–Trinajstić information content (AvgIpc) is 3.22. The fraction of sp³-hybridized carbons (Fsp3) is 0.364. The molecule has 9 heteroatoms. The number of aromatic nitrogens is 4. The number of fused-ring (bicyclic) bond motifs is 1. The zero-order chi connectivity index (χ0) is 21.8. The summed E-state index contributed by atoms with van der Waals surface area (Å²) in [5.41, 5.74) is 7.90. The predicted octanol–water partition coefficient (Wildman–Crippen LogP) is 2.13. The quantitative estimate of drug-likeness (QED) is 0.552. The van der Waals surface area contributed by atoms with Gasteiger partial charge in [0.15, 0.2) is 11.5 Å². The SMILES string of the molecule is COc1cccc(NC(=O)C2CCC(n3cnc4c(N)nc(C#CCO)nc43)CC2)c1. The Labute approximate surface area is 179 Å². The molecule has 0 radical (unpaired) electrons. The number of aliphatic hydroxyl groups excluding tert-OH is 1. The van der Waals surface area contributed by atoms with Gasteiger partial charge in [-0.15, -0.1) is 0 Å². The lowest BCUT2D eigenvalue weighted by molar-refractivity contribution is -0.120. The summed E-state index contributed by atoms with van der Waals surface area (Å²) in [6.07, 6.45) is 4.89. The van der Waals surface area contributed by atoms with Gasteiger partial charge in [-0.05, 0) is 43.7 Å². The number of aliphatic hydroxyl groups is 1. The van der Waals surface area contributed by atoms with Crippen molar-refractivity contribution in [2.24, 2.45) is 5.92 Å². The van der Waals surface area contributed by atoms with E-state index in [1.165, 1.54) is 0 Å². The first-order chi connectivity index (χ1) is 15.1. The van der Waals surface area contributed by atoms with Gasteiger partial charge in [0, 0.05) is 23.7 Å². The molecule has 1 saturated carbocycles. The molecule has 9 nitrogen and oxygen atoms in total. The summed E-state index contributed by atoms with van der Waals surface area (Å²) in [7, 11) is 1.60. The Kier molecular flexibility index (Phi) is 6.00. The molecule has 4 rings (SSSR count). The number of nitrogen functional groups attached to an aromatic ring is 1. The van der Waals surface area contributed by atoms with Crippen molar-refractivity contribution in [1.29, 1.82) is 0 Å². The van der Waals surface area contributed by atoms with Gasteiger partial charge < -0.3 is 25.5 Å². The van der Waals surface area contributed by atoms with Gasteiger partial charge >= 0.3 is 0 Å². The highest BCUT2D eigenvalue weighted by molar-refractivity contribution is 5.92. The topological polar surface area (TPSA) is 128 Å². The maximum Gasteiger partial charge on any atom is 0.227 e. The lowest BCUT2D eigenvalue weighted by Crippen LogP contribution is -2.28. The Morgan fingerprint density at radius 3 is 2.87 bits per heavy atom. The molecule has 3 aromatic rings. The molecular formula is C22H24N6O3. The molecule has 0 unspecified atom stereocenters. The molecule has 31 heavy (non-hydrogen) atoms. The first kappa shape index (κ1) is 20.6. The zero-order valence-corrected chi connectivity index (χ0v) is 17.2. The van der Waals surface area contributed by atoms with Crippen LogP contribution in [0.3, 0.4) is 0 Å². The van der Waals surface area contributed by atoms with E-state index in [0.29, 0.717) is 16.9 Å². The minimum Gasteiger partial charge on any atom is -0.497 e. The van der Waals surface area contributed by atoms with Gasteiger partial charge in [-0.2, -0.15) is 0 Å². The summed E-state index contributed by atoms with van der Waals surface area (Å²) in [5.74, 6) is 6.43.